The fourth-order valence-corrected chi connectivity index (χ4v) is 3.74. The van der Waals surface area contributed by atoms with Crippen molar-refractivity contribution < 1.29 is 14.3 Å². The van der Waals surface area contributed by atoms with Gasteiger partial charge < -0.3 is 15.0 Å². The Labute approximate surface area is 168 Å². The monoisotopic (exact) mass is 390 g/mol. The second-order valence-electron chi connectivity index (χ2n) is 6.96. The van der Waals surface area contributed by atoms with Gasteiger partial charge in [0.05, 0.1) is 18.4 Å². The number of nitrogens with zero attached hydrogens (tertiary/aromatic N) is 3. The third-order valence-electron chi connectivity index (χ3n) is 5.19. The Hall–Kier alpha value is -3.48. The summed E-state index contributed by atoms with van der Waals surface area (Å²) in [6.45, 7) is 0.552. The standard InChI is InChI=1S/C22H22N4O3/c1-29-19-10-9-17(16-7-5-12-24-20(16)19)25-21(27)18-8-2-3-13-26(18)22(28)15-6-4-11-23-14-15/h4-7,9-12,14,18H,2-3,8,13H2,1H3,(H,25,27). The van der Waals surface area contributed by atoms with Gasteiger partial charge in [-0.3, -0.25) is 19.6 Å². The molecule has 0 saturated carbocycles. The SMILES string of the molecule is COc1ccc(NC(=O)C2CCCCN2C(=O)c2cccnc2)c2cccnc12. The summed E-state index contributed by atoms with van der Waals surface area (Å²) in [6, 6.07) is 10.2. The predicted octanol–water partition coefficient (Wildman–Crippen LogP) is 3.27. The Kier molecular flexibility index (Phi) is 5.37. The van der Waals surface area contributed by atoms with Gasteiger partial charge in [-0.25, -0.2) is 0 Å². The maximum absolute atomic E-state index is 13.1. The molecule has 3 heterocycles. The third kappa shape index (κ3) is 3.76. The predicted molar refractivity (Wildman–Crippen MR) is 110 cm³/mol. The molecule has 2 aromatic heterocycles. The van der Waals surface area contributed by atoms with Crippen LogP contribution in [0.4, 0.5) is 5.69 Å². The van der Waals surface area contributed by atoms with Gasteiger partial charge in [-0.2, -0.15) is 0 Å². The van der Waals surface area contributed by atoms with E-state index in [1.165, 1.54) is 6.20 Å². The first-order chi connectivity index (χ1) is 14.2. The number of fused-ring (bicyclic) bond motifs is 1. The van der Waals surface area contributed by atoms with Crippen molar-refractivity contribution in [3.63, 3.8) is 0 Å². The van der Waals surface area contributed by atoms with Crippen molar-refractivity contribution in [2.45, 2.75) is 25.3 Å². The number of aromatic nitrogens is 2. The topological polar surface area (TPSA) is 84.4 Å². The van der Waals surface area contributed by atoms with Crippen LogP contribution in [-0.2, 0) is 4.79 Å². The number of ether oxygens (including phenoxy) is 1. The summed E-state index contributed by atoms with van der Waals surface area (Å²) in [7, 11) is 1.59. The number of piperidine rings is 1. The van der Waals surface area contributed by atoms with Crippen LogP contribution in [-0.4, -0.2) is 46.4 Å². The number of nitrogens with one attached hydrogen (secondary N) is 1. The maximum Gasteiger partial charge on any atom is 0.256 e. The van der Waals surface area contributed by atoms with Crippen molar-refractivity contribution in [1.29, 1.82) is 0 Å². The largest absolute Gasteiger partial charge is 0.494 e. The number of hydrogen-bond donors (Lipinski definition) is 1. The van der Waals surface area contributed by atoms with Crippen molar-refractivity contribution >= 4 is 28.4 Å². The molecule has 0 aliphatic carbocycles. The molecular weight excluding hydrogens is 368 g/mol. The molecule has 0 radical (unpaired) electrons. The molecule has 1 aromatic carbocycles. The van der Waals surface area contributed by atoms with E-state index in [2.05, 4.69) is 15.3 Å². The van der Waals surface area contributed by atoms with Gasteiger partial charge in [0.1, 0.15) is 17.3 Å². The smallest absolute Gasteiger partial charge is 0.256 e. The third-order valence-corrected chi connectivity index (χ3v) is 5.19. The molecule has 1 aliphatic rings. The lowest BCUT2D eigenvalue weighted by molar-refractivity contribution is -0.121. The van der Waals surface area contributed by atoms with E-state index in [4.69, 9.17) is 4.74 Å². The van der Waals surface area contributed by atoms with E-state index in [0.29, 0.717) is 35.5 Å². The van der Waals surface area contributed by atoms with Crippen molar-refractivity contribution in [1.82, 2.24) is 14.9 Å². The lowest BCUT2D eigenvalue weighted by atomic mass is 10.00. The number of hydrogen-bond acceptors (Lipinski definition) is 5. The zero-order valence-electron chi connectivity index (χ0n) is 16.2. The normalized spacial score (nSPS) is 16.4. The molecule has 29 heavy (non-hydrogen) atoms. The molecule has 1 aliphatic heterocycles. The van der Waals surface area contributed by atoms with Crippen molar-refractivity contribution in [2.24, 2.45) is 0 Å². The Morgan fingerprint density at radius 1 is 1.14 bits per heavy atom. The molecule has 1 N–H and O–H groups in total. The van der Waals surface area contributed by atoms with Crippen LogP contribution in [0.15, 0.2) is 55.0 Å². The van der Waals surface area contributed by atoms with Crippen LogP contribution in [0.2, 0.25) is 0 Å². The number of anilines is 1. The van der Waals surface area contributed by atoms with Crippen LogP contribution in [0.1, 0.15) is 29.6 Å². The Morgan fingerprint density at radius 3 is 2.79 bits per heavy atom. The number of amides is 2. The van der Waals surface area contributed by atoms with Gasteiger partial charge in [-0.05, 0) is 55.7 Å². The van der Waals surface area contributed by atoms with Crippen LogP contribution in [0.5, 0.6) is 5.75 Å². The van der Waals surface area contributed by atoms with E-state index >= 15 is 0 Å². The van der Waals surface area contributed by atoms with E-state index < -0.39 is 6.04 Å². The number of pyridine rings is 2. The summed E-state index contributed by atoms with van der Waals surface area (Å²) in [5.41, 5.74) is 1.82. The van der Waals surface area contributed by atoms with E-state index in [-0.39, 0.29) is 11.8 Å². The van der Waals surface area contributed by atoms with Gasteiger partial charge in [0.2, 0.25) is 5.91 Å². The van der Waals surface area contributed by atoms with Gasteiger partial charge >= 0.3 is 0 Å². The first-order valence-corrected chi connectivity index (χ1v) is 9.62. The minimum atomic E-state index is -0.523. The Morgan fingerprint density at radius 2 is 2.00 bits per heavy atom. The molecular formula is C22H22N4O3. The summed E-state index contributed by atoms with van der Waals surface area (Å²) in [5, 5.41) is 3.79. The van der Waals surface area contributed by atoms with Gasteiger partial charge in [-0.15, -0.1) is 0 Å². The van der Waals surface area contributed by atoms with Gasteiger partial charge in [0.25, 0.3) is 5.91 Å². The Balaban J connectivity index is 1.60. The maximum atomic E-state index is 13.1. The van der Waals surface area contributed by atoms with Crippen molar-refractivity contribution in [2.75, 3.05) is 19.0 Å². The van der Waals surface area contributed by atoms with E-state index in [1.54, 1.807) is 48.7 Å². The molecule has 4 rings (SSSR count). The summed E-state index contributed by atoms with van der Waals surface area (Å²) >= 11 is 0. The minimum absolute atomic E-state index is 0.167. The second kappa shape index (κ2) is 8.26. The number of likely N-dealkylation sites (tertiary alicyclic amines) is 1. The molecule has 0 spiro atoms. The van der Waals surface area contributed by atoms with Crippen LogP contribution in [0.3, 0.4) is 0 Å². The summed E-state index contributed by atoms with van der Waals surface area (Å²) in [6.07, 6.45) is 7.26. The molecule has 148 valence electrons. The molecule has 1 atom stereocenters. The lowest BCUT2D eigenvalue weighted by Crippen LogP contribution is -2.50. The molecule has 2 amide bonds. The average molecular weight is 390 g/mol. The summed E-state index contributed by atoms with van der Waals surface area (Å²) < 4.78 is 5.37. The first kappa shape index (κ1) is 18.9. The number of carbonyl (C=O) groups is 2. The minimum Gasteiger partial charge on any atom is -0.494 e. The van der Waals surface area contributed by atoms with Crippen molar-refractivity contribution in [3.05, 3.63) is 60.6 Å². The fraction of sp³-hybridized carbons (Fsp3) is 0.273. The molecule has 1 saturated heterocycles. The van der Waals surface area contributed by atoms with Gasteiger partial charge in [0, 0.05) is 30.5 Å². The molecule has 1 fully saturated rings. The average Bonchev–Trinajstić information content (AvgIpc) is 2.79. The van der Waals surface area contributed by atoms with Crippen LogP contribution < -0.4 is 10.1 Å². The summed E-state index contributed by atoms with van der Waals surface area (Å²) in [4.78, 5) is 36.1. The number of methoxy groups -OCH3 is 1. The highest BCUT2D eigenvalue weighted by Crippen LogP contribution is 2.30. The lowest BCUT2D eigenvalue weighted by Gasteiger charge is -2.34. The Bertz CT molecular complexity index is 1040. The van der Waals surface area contributed by atoms with Gasteiger partial charge in [-0.1, -0.05) is 0 Å². The zero-order chi connectivity index (χ0) is 20.2. The van der Waals surface area contributed by atoms with E-state index in [1.807, 2.05) is 12.1 Å². The molecule has 3 aromatic rings. The van der Waals surface area contributed by atoms with Gasteiger partial charge in [0.15, 0.2) is 0 Å². The number of rotatable bonds is 4. The van der Waals surface area contributed by atoms with Crippen LogP contribution in [0, 0.1) is 0 Å². The number of carbonyl (C=O) groups excluding carboxylic acids is 2. The second-order valence-corrected chi connectivity index (χ2v) is 6.96. The number of benzene rings is 1. The molecule has 7 nitrogen and oxygen atoms in total. The molecule has 7 heteroatoms. The summed E-state index contributed by atoms with van der Waals surface area (Å²) in [5.74, 6) is 0.279. The highest BCUT2D eigenvalue weighted by molar-refractivity contribution is 6.06. The highest BCUT2D eigenvalue weighted by Gasteiger charge is 2.33. The van der Waals surface area contributed by atoms with Crippen LogP contribution in [0.25, 0.3) is 10.9 Å². The molecule has 1 unspecified atom stereocenters. The fourth-order valence-electron chi connectivity index (χ4n) is 3.74. The molecule has 0 bridgehead atoms. The zero-order valence-corrected chi connectivity index (χ0v) is 16.2. The van der Waals surface area contributed by atoms with Crippen molar-refractivity contribution in [3.8, 4) is 5.75 Å². The first-order valence-electron chi connectivity index (χ1n) is 9.62. The van der Waals surface area contributed by atoms with Crippen LogP contribution >= 0.6 is 0 Å². The quantitative estimate of drug-likeness (QED) is 0.739. The van der Waals surface area contributed by atoms with E-state index in [9.17, 15) is 9.59 Å². The van der Waals surface area contributed by atoms with E-state index in [0.717, 1.165) is 18.2 Å². The highest BCUT2D eigenvalue weighted by atomic mass is 16.5.